The second-order valence-electron chi connectivity index (χ2n) is 7.42. The summed E-state index contributed by atoms with van der Waals surface area (Å²) in [6.45, 7) is 0. The number of amides is 1. The molecule has 0 saturated heterocycles. The van der Waals surface area contributed by atoms with Crippen LogP contribution in [-0.2, 0) is 17.6 Å². The zero-order valence-corrected chi connectivity index (χ0v) is 19.7. The summed E-state index contributed by atoms with van der Waals surface area (Å²) in [5.74, 6) is -0.244. The van der Waals surface area contributed by atoms with Crippen molar-refractivity contribution >= 4 is 57.0 Å². The first-order valence-corrected chi connectivity index (χ1v) is 12.5. The smallest absolute Gasteiger partial charge is 0.267 e. The molecule has 1 N–H and O–H groups in total. The van der Waals surface area contributed by atoms with Crippen LogP contribution in [0.2, 0.25) is 5.02 Å². The zero-order chi connectivity index (χ0) is 22.8. The van der Waals surface area contributed by atoms with E-state index in [4.69, 9.17) is 16.6 Å². The zero-order valence-electron chi connectivity index (χ0n) is 17.3. The normalized spacial score (nSPS) is 13.0. The third-order valence-corrected chi connectivity index (χ3v) is 7.59. The van der Waals surface area contributed by atoms with Crippen LogP contribution < -0.4 is 11.0 Å². The lowest BCUT2D eigenvalue weighted by Gasteiger charge is -2.12. The van der Waals surface area contributed by atoms with Gasteiger partial charge in [0.25, 0.3) is 11.5 Å². The third kappa shape index (κ3) is 4.57. The molecule has 0 fully saturated rings. The van der Waals surface area contributed by atoms with Gasteiger partial charge in [-0.25, -0.2) is 10.4 Å². The second-order valence-corrected chi connectivity index (χ2v) is 9.88. The number of carbonyl (C=O) groups excluding carboxylic acids is 1. The Morgan fingerprint density at radius 3 is 2.91 bits per heavy atom. The van der Waals surface area contributed by atoms with Crippen molar-refractivity contribution < 1.29 is 4.79 Å². The molecule has 3 heterocycles. The van der Waals surface area contributed by atoms with Gasteiger partial charge in [-0.05, 0) is 55.2 Å². The molecule has 166 valence electrons. The van der Waals surface area contributed by atoms with Crippen molar-refractivity contribution in [2.75, 3.05) is 5.75 Å². The van der Waals surface area contributed by atoms with Gasteiger partial charge in [-0.15, -0.1) is 11.3 Å². The number of rotatable bonds is 6. The maximum absolute atomic E-state index is 13.6. The van der Waals surface area contributed by atoms with Crippen LogP contribution in [0.25, 0.3) is 15.9 Å². The molecule has 10 heteroatoms. The Morgan fingerprint density at radius 1 is 1.27 bits per heavy atom. The van der Waals surface area contributed by atoms with E-state index in [0.717, 1.165) is 35.2 Å². The first-order chi connectivity index (χ1) is 16.1. The van der Waals surface area contributed by atoms with Gasteiger partial charge in [0.2, 0.25) is 0 Å². The van der Waals surface area contributed by atoms with E-state index in [-0.39, 0.29) is 17.2 Å². The van der Waals surface area contributed by atoms with E-state index >= 15 is 0 Å². The van der Waals surface area contributed by atoms with Gasteiger partial charge in [0.15, 0.2) is 5.16 Å². The fraction of sp³-hybridized carbons (Fsp3) is 0.174. The predicted molar refractivity (Wildman–Crippen MR) is 133 cm³/mol. The number of hydrogen-bond acceptors (Lipinski definition) is 7. The summed E-state index contributed by atoms with van der Waals surface area (Å²) in [5, 5.41) is 5.70. The number of fused-ring (bicyclic) bond motifs is 3. The van der Waals surface area contributed by atoms with Gasteiger partial charge in [0.1, 0.15) is 4.83 Å². The van der Waals surface area contributed by atoms with Crippen LogP contribution in [0.4, 0.5) is 0 Å². The van der Waals surface area contributed by atoms with Crippen LogP contribution in [0, 0.1) is 0 Å². The molecule has 0 atom stereocenters. The van der Waals surface area contributed by atoms with Crippen molar-refractivity contribution in [2.45, 2.75) is 24.4 Å². The molecular weight excluding hydrogens is 478 g/mol. The lowest BCUT2D eigenvalue weighted by atomic mass is 10.2. The fourth-order valence-electron chi connectivity index (χ4n) is 3.73. The number of thiophene rings is 1. The summed E-state index contributed by atoms with van der Waals surface area (Å²) in [5.41, 5.74) is 4.95. The molecule has 3 aromatic heterocycles. The summed E-state index contributed by atoms with van der Waals surface area (Å²) < 4.78 is 1.57. The number of aromatic nitrogens is 3. The molecular formula is C23H18ClN5O2S2. The Morgan fingerprint density at radius 2 is 2.12 bits per heavy atom. The topological polar surface area (TPSA) is 89.2 Å². The van der Waals surface area contributed by atoms with Gasteiger partial charge < -0.3 is 0 Å². The van der Waals surface area contributed by atoms with Crippen LogP contribution in [0.15, 0.2) is 63.8 Å². The van der Waals surface area contributed by atoms with Crippen LogP contribution in [0.5, 0.6) is 0 Å². The van der Waals surface area contributed by atoms with Crippen molar-refractivity contribution in [2.24, 2.45) is 5.10 Å². The van der Waals surface area contributed by atoms with Gasteiger partial charge in [0, 0.05) is 27.9 Å². The Balaban J connectivity index is 1.43. The third-order valence-electron chi connectivity index (χ3n) is 5.21. The van der Waals surface area contributed by atoms with Crippen molar-refractivity contribution in [3.8, 4) is 5.69 Å². The molecule has 0 aliphatic heterocycles. The molecule has 0 bridgehead atoms. The van der Waals surface area contributed by atoms with Crippen molar-refractivity contribution in [1.82, 2.24) is 20.0 Å². The molecule has 7 nitrogen and oxygen atoms in total. The highest BCUT2D eigenvalue weighted by Gasteiger charge is 2.24. The SMILES string of the molecule is O=C(CSc1nc2sc3c(c2c(=O)n1-c1ccc(Cl)cc1)CCC3)NN=Cc1cccnc1. The molecule has 1 amide bonds. The van der Waals surface area contributed by atoms with Crippen LogP contribution in [-0.4, -0.2) is 32.4 Å². The van der Waals surface area contributed by atoms with E-state index in [1.54, 1.807) is 58.6 Å². The first kappa shape index (κ1) is 21.8. The number of halogens is 1. The standard InChI is InChI=1S/C23H18ClN5O2S2/c24-15-6-8-16(9-7-15)29-22(31)20-17-4-1-5-18(17)33-21(20)27-23(29)32-13-19(30)28-26-12-14-3-2-10-25-11-14/h2-3,6-12H,1,4-5,13H2,(H,28,30). The maximum atomic E-state index is 13.6. The Hall–Kier alpha value is -3.01. The number of hydrazone groups is 1. The minimum atomic E-state index is -0.300. The van der Waals surface area contributed by atoms with Crippen molar-refractivity contribution in [3.05, 3.63) is 80.2 Å². The number of pyridine rings is 1. The number of nitrogens with one attached hydrogen (secondary N) is 1. The average Bonchev–Trinajstić information content (AvgIpc) is 3.40. The van der Waals surface area contributed by atoms with Gasteiger partial charge in [-0.3, -0.25) is 19.1 Å². The fourth-order valence-corrected chi connectivity index (χ4v) is 5.97. The predicted octanol–water partition coefficient (Wildman–Crippen LogP) is 4.23. The van der Waals surface area contributed by atoms with E-state index in [9.17, 15) is 9.59 Å². The molecule has 1 aliphatic carbocycles. The summed E-state index contributed by atoms with van der Waals surface area (Å²) in [7, 11) is 0. The summed E-state index contributed by atoms with van der Waals surface area (Å²) in [4.78, 5) is 36.7. The molecule has 5 rings (SSSR count). The van der Waals surface area contributed by atoms with Crippen molar-refractivity contribution in [3.63, 3.8) is 0 Å². The van der Waals surface area contributed by atoms with Crippen LogP contribution in [0.1, 0.15) is 22.4 Å². The maximum Gasteiger partial charge on any atom is 0.267 e. The Kier molecular flexibility index (Phi) is 6.26. The number of carbonyl (C=O) groups is 1. The molecule has 0 saturated carbocycles. The van der Waals surface area contributed by atoms with Crippen LogP contribution in [0.3, 0.4) is 0 Å². The molecule has 0 spiro atoms. The lowest BCUT2D eigenvalue weighted by Crippen LogP contribution is -2.24. The number of thioether (sulfide) groups is 1. The number of aryl methyl sites for hydroxylation is 2. The molecule has 1 aliphatic rings. The summed E-state index contributed by atoms with van der Waals surface area (Å²) in [6.07, 6.45) is 7.78. The van der Waals surface area contributed by atoms with E-state index in [1.807, 2.05) is 6.07 Å². The van der Waals surface area contributed by atoms with Gasteiger partial charge in [-0.2, -0.15) is 5.10 Å². The minimum Gasteiger partial charge on any atom is -0.272 e. The highest BCUT2D eigenvalue weighted by atomic mass is 35.5. The average molecular weight is 496 g/mol. The minimum absolute atomic E-state index is 0.0566. The van der Waals surface area contributed by atoms with E-state index in [2.05, 4.69) is 15.5 Å². The number of nitrogens with zero attached hydrogens (tertiary/aromatic N) is 4. The van der Waals surface area contributed by atoms with E-state index in [0.29, 0.717) is 21.3 Å². The Labute approximate surface area is 202 Å². The quantitative estimate of drug-likeness (QED) is 0.187. The lowest BCUT2D eigenvalue weighted by molar-refractivity contribution is -0.118. The second kappa shape index (κ2) is 9.46. The Bertz CT molecular complexity index is 1420. The van der Waals surface area contributed by atoms with Crippen molar-refractivity contribution in [1.29, 1.82) is 0 Å². The summed E-state index contributed by atoms with van der Waals surface area (Å²) >= 11 is 8.83. The largest absolute Gasteiger partial charge is 0.272 e. The van der Waals surface area contributed by atoms with Gasteiger partial charge in [0.05, 0.1) is 23.0 Å². The highest BCUT2D eigenvalue weighted by Crippen LogP contribution is 2.36. The van der Waals surface area contributed by atoms with E-state index in [1.165, 1.54) is 22.9 Å². The molecule has 1 aromatic carbocycles. The van der Waals surface area contributed by atoms with E-state index < -0.39 is 0 Å². The molecule has 33 heavy (non-hydrogen) atoms. The molecule has 0 radical (unpaired) electrons. The number of benzene rings is 1. The molecule has 4 aromatic rings. The van der Waals surface area contributed by atoms with Gasteiger partial charge in [-0.1, -0.05) is 29.4 Å². The monoisotopic (exact) mass is 495 g/mol. The van der Waals surface area contributed by atoms with Gasteiger partial charge >= 0.3 is 0 Å². The molecule has 0 unspecified atom stereocenters. The number of hydrogen-bond donors (Lipinski definition) is 1. The van der Waals surface area contributed by atoms with Crippen LogP contribution >= 0.6 is 34.7 Å². The highest BCUT2D eigenvalue weighted by molar-refractivity contribution is 7.99. The summed E-state index contributed by atoms with van der Waals surface area (Å²) in [6, 6.07) is 10.7. The first-order valence-electron chi connectivity index (χ1n) is 10.3.